The molecular weight excluding hydrogens is 150 g/mol. The molecule has 0 fully saturated rings. The van der Waals surface area contributed by atoms with E-state index in [4.69, 9.17) is 16.4 Å². The lowest BCUT2D eigenvalue weighted by Crippen LogP contribution is -3.08. The van der Waals surface area contributed by atoms with Crippen molar-refractivity contribution in [3.05, 3.63) is 22.9 Å². The van der Waals surface area contributed by atoms with Gasteiger partial charge in [-0.05, 0) is 24.6 Å². The molecule has 10 heavy (non-hydrogen) atoms. The number of hydrogen-bond donors (Lipinski definition) is 1. The van der Waals surface area contributed by atoms with E-state index < -0.39 is 0 Å². The molecule has 3 heteroatoms. The van der Waals surface area contributed by atoms with Crippen LogP contribution in [-0.4, -0.2) is 13.7 Å². The van der Waals surface area contributed by atoms with Gasteiger partial charge >= 0.3 is 0 Å². The second kappa shape index (κ2) is 3.19. The first-order chi connectivity index (χ1) is 4.75. The molecule has 0 saturated carbocycles. The molecule has 0 bridgehead atoms. The molecule has 1 aliphatic heterocycles. The molecule has 0 amide bonds. The first-order valence-electron chi connectivity index (χ1n) is 3.19. The number of quaternary nitrogens is 1. The minimum absolute atomic E-state index is 0.755. The Balaban J connectivity index is 2.77. The molecule has 1 atom stereocenters. The number of allylic oxidation sites excluding steroid dienone is 2. The van der Waals surface area contributed by atoms with Gasteiger partial charge in [0.05, 0.1) is 7.11 Å². The van der Waals surface area contributed by atoms with Crippen molar-refractivity contribution < 1.29 is 9.90 Å². The molecule has 0 radical (unpaired) electrons. The zero-order valence-electron chi connectivity index (χ0n) is 6.15. The Morgan fingerprint density at radius 1 is 1.70 bits per heavy atom. The van der Waals surface area contributed by atoms with E-state index in [0.717, 1.165) is 22.3 Å². The number of hydroxylamine groups is 2. The third kappa shape index (κ3) is 1.40. The van der Waals surface area contributed by atoms with Gasteiger partial charge in [0.2, 0.25) is 5.16 Å². The first-order valence-corrected chi connectivity index (χ1v) is 3.56. The van der Waals surface area contributed by atoms with Crippen LogP contribution in [0.15, 0.2) is 22.9 Å². The Hall–Kier alpha value is -0.310. The summed E-state index contributed by atoms with van der Waals surface area (Å²) in [6.45, 7) is 2.78. The van der Waals surface area contributed by atoms with Crippen LogP contribution in [0.25, 0.3) is 0 Å². The third-order valence-corrected chi connectivity index (χ3v) is 2.02. The molecule has 1 N–H and O–H groups in total. The summed E-state index contributed by atoms with van der Waals surface area (Å²) in [5, 5.41) is 1.62. The summed E-state index contributed by atoms with van der Waals surface area (Å²) in [5.74, 6) is 0. The van der Waals surface area contributed by atoms with Crippen LogP contribution in [0, 0.1) is 0 Å². The maximum atomic E-state index is 5.90. The predicted molar refractivity (Wildman–Crippen MR) is 40.5 cm³/mol. The number of rotatable bonds is 1. The zero-order valence-corrected chi connectivity index (χ0v) is 6.90. The molecule has 0 aromatic carbocycles. The van der Waals surface area contributed by atoms with Crippen molar-refractivity contribution >= 4 is 11.6 Å². The van der Waals surface area contributed by atoms with Crippen LogP contribution in [0.3, 0.4) is 0 Å². The highest BCUT2D eigenvalue weighted by atomic mass is 35.5. The molecule has 1 aliphatic rings. The van der Waals surface area contributed by atoms with Crippen molar-refractivity contribution in [2.75, 3.05) is 13.7 Å². The fraction of sp³-hybridized carbons (Fsp3) is 0.429. The van der Waals surface area contributed by atoms with E-state index in [1.165, 1.54) is 0 Å². The molecule has 0 aliphatic carbocycles. The summed E-state index contributed by atoms with van der Waals surface area (Å²) >= 11 is 5.90. The van der Waals surface area contributed by atoms with Gasteiger partial charge in [-0.1, -0.05) is 6.08 Å². The highest BCUT2D eigenvalue weighted by Crippen LogP contribution is 2.05. The van der Waals surface area contributed by atoms with Gasteiger partial charge in [0, 0.05) is 5.57 Å². The lowest BCUT2D eigenvalue weighted by Gasteiger charge is -2.15. The van der Waals surface area contributed by atoms with E-state index in [0.29, 0.717) is 0 Å². The van der Waals surface area contributed by atoms with Gasteiger partial charge in [0.1, 0.15) is 6.54 Å². The molecule has 1 unspecified atom stereocenters. The average Bonchev–Trinajstić information content (AvgIpc) is 1.95. The maximum Gasteiger partial charge on any atom is 0.235 e. The van der Waals surface area contributed by atoms with Crippen molar-refractivity contribution in [3.63, 3.8) is 0 Å². The van der Waals surface area contributed by atoms with Crippen LogP contribution in [0.2, 0.25) is 0 Å². The Labute approximate surface area is 65.7 Å². The monoisotopic (exact) mass is 160 g/mol. The van der Waals surface area contributed by atoms with E-state index in [1.807, 2.05) is 19.1 Å². The topological polar surface area (TPSA) is 13.7 Å². The first kappa shape index (κ1) is 7.79. The van der Waals surface area contributed by atoms with Crippen LogP contribution < -0.4 is 5.06 Å². The van der Waals surface area contributed by atoms with Gasteiger partial charge in [-0.25, -0.2) is 4.84 Å². The third-order valence-electron chi connectivity index (χ3n) is 1.51. The van der Waals surface area contributed by atoms with E-state index in [9.17, 15) is 0 Å². The second-order valence-corrected chi connectivity index (χ2v) is 2.61. The van der Waals surface area contributed by atoms with E-state index >= 15 is 0 Å². The van der Waals surface area contributed by atoms with Crippen molar-refractivity contribution in [3.8, 4) is 0 Å². The summed E-state index contributed by atoms with van der Waals surface area (Å²) in [4.78, 5) is 5.05. The van der Waals surface area contributed by atoms with Crippen LogP contribution in [0.4, 0.5) is 0 Å². The van der Waals surface area contributed by atoms with Gasteiger partial charge in [-0.2, -0.15) is 0 Å². The molecule has 0 aromatic rings. The summed E-state index contributed by atoms with van der Waals surface area (Å²) in [7, 11) is 1.64. The Morgan fingerprint density at radius 2 is 2.40 bits per heavy atom. The molecule has 0 aromatic heterocycles. The average molecular weight is 161 g/mol. The molecule has 56 valence electrons. The quantitative estimate of drug-likeness (QED) is 0.551. The standard InChI is InChI=1S/C7H10ClNO/c1-6-4-3-5-9(10-2)7(6)8/h3-4H,5H2,1-2H3/p+1. The smallest absolute Gasteiger partial charge is 0.202 e. The summed E-state index contributed by atoms with van der Waals surface area (Å²) in [6.07, 6.45) is 4.05. The molecule has 0 saturated heterocycles. The Kier molecular flexibility index (Phi) is 2.49. The largest absolute Gasteiger partial charge is 0.235 e. The summed E-state index contributed by atoms with van der Waals surface area (Å²) < 4.78 is 0. The van der Waals surface area contributed by atoms with Gasteiger partial charge in [-0.15, -0.1) is 5.06 Å². The van der Waals surface area contributed by atoms with E-state index in [-0.39, 0.29) is 0 Å². The maximum absolute atomic E-state index is 5.90. The minimum Gasteiger partial charge on any atom is -0.202 e. The van der Waals surface area contributed by atoms with Crippen molar-refractivity contribution in [2.24, 2.45) is 0 Å². The summed E-state index contributed by atoms with van der Waals surface area (Å²) in [5.41, 5.74) is 1.07. The molecule has 2 nitrogen and oxygen atoms in total. The van der Waals surface area contributed by atoms with Gasteiger partial charge in [-0.3, -0.25) is 0 Å². The molecule has 0 spiro atoms. The van der Waals surface area contributed by atoms with E-state index in [1.54, 1.807) is 7.11 Å². The SMILES string of the molecule is CO[NH+]1CC=CC(C)=C1Cl. The zero-order chi connectivity index (χ0) is 7.56. The lowest BCUT2D eigenvalue weighted by atomic mass is 10.2. The Morgan fingerprint density at radius 3 is 2.90 bits per heavy atom. The number of nitrogens with one attached hydrogen (secondary N) is 1. The van der Waals surface area contributed by atoms with Gasteiger partial charge in [0.25, 0.3) is 0 Å². The minimum atomic E-state index is 0.755. The number of halogens is 1. The highest BCUT2D eigenvalue weighted by molar-refractivity contribution is 6.28. The fourth-order valence-corrected chi connectivity index (χ4v) is 1.12. The van der Waals surface area contributed by atoms with Crippen LogP contribution in [0.1, 0.15) is 6.92 Å². The molecule has 1 rings (SSSR count). The van der Waals surface area contributed by atoms with Crippen molar-refractivity contribution in [1.82, 2.24) is 0 Å². The molecular formula is C7H11ClNO+. The molecule has 1 heterocycles. The summed E-state index contributed by atoms with van der Waals surface area (Å²) in [6, 6.07) is 0. The highest BCUT2D eigenvalue weighted by Gasteiger charge is 2.16. The van der Waals surface area contributed by atoms with Crippen LogP contribution in [-0.2, 0) is 4.84 Å². The fourth-order valence-electron chi connectivity index (χ4n) is 0.898. The predicted octanol–water partition coefficient (Wildman–Crippen LogP) is 0.473. The number of hydrogen-bond acceptors (Lipinski definition) is 1. The second-order valence-electron chi connectivity index (χ2n) is 2.23. The normalized spacial score (nSPS) is 25.7. The van der Waals surface area contributed by atoms with Crippen LogP contribution in [0.5, 0.6) is 0 Å². The van der Waals surface area contributed by atoms with Gasteiger partial charge < -0.3 is 0 Å². The van der Waals surface area contributed by atoms with E-state index in [2.05, 4.69) is 0 Å². The van der Waals surface area contributed by atoms with Gasteiger partial charge in [0.15, 0.2) is 0 Å². The van der Waals surface area contributed by atoms with Crippen molar-refractivity contribution in [2.45, 2.75) is 6.92 Å². The Bertz CT molecular complexity index is 186. The van der Waals surface area contributed by atoms with Crippen molar-refractivity contribution in [1.29, 1.82) is 0 Å². The lowest BCUT2D eigenvalue weighted by molar-refractivity contribution is -1.05. The van der Waals surface area contributed by atoms with Crippen LogP contribution >= 0.6 is 11.6 Å².